The molecular formula is C13H7BrF4N2. The van der Waals surface area contributed by atoms with Gasteiger partial charge in [0.2, 0.25) is 0 Å². The van der Waals surface area contributed by atoms with Gasteiger partial charge in [-0.25, -0.2) is 17.6 Å². The van der Waals surface area contributed by atoms with E-state index in [1.54, 1.807) is 24.3 Å². The summed E-state index contributed by atoms with van der Waals surface area (Å²) in [6, 6.07) is 7.03. The smallest absolute Gasteiger partial charge is 0.186 e. The summed E-state index contributed by atoms with van der Waals surface area (Å²) in [6.45, 7) is 0. The van der Waals surface area contributed by atoms with Crippen LogP contribution in [-0.4, -0.2) is 6.21 Å². The normalized spacial score (nSPS) is 11.1. The Morgan fingerprint density at radius 1 is 1.00 bits per heavy atom. The Hall–Kier alpha value is -1.89. The zero-order valence-corrected chi connectivity index (χ0v) is 11.4. The molecular weight excluding hydrogens is 340 g/mol. The highest BCUT2D eigenvalue weighted by Gasteiger charge is 2.18. The molecule has 0 atom stereocenters. The summed E-state index contributed by atoms with van der Waals surface area (Å²) in [7, 11) is 0. The summed E-state index contributed by atoms with van der Waals surface area (Å²) in [5, 5.41) is 3.55. The highest BCUT2D eigenvalue weighted by Crippen LogP contribution is 2.24. The molecule has 0 aliphatic rings. The first kappa shape index (κ1) is 14.5. The number of benzene rings is 2. The molecule has 0 aliphatic heterocycles. The molecule has 0 amide bonds. The zero-order valence-electron chi connectivity index (χ0n) is 9.80. The molecule has 0 unspecified atom stereocenters. The second-order valence-corrected chi connectivity index (χ2v) is 4.68. The molecule has 7 heteroatoms. The van der Waals surface area contributed by atoms with E-state index in [1.807, 2.05) is 5.43 Å². The number of hydrogen-bond acceptors (Lipinski definition) is 2. The van der Waals surface area contributed by atoms with Crippen molar-refractivity contribution in [3.63, 3.8) is 0 Å². The molecule has 2 rings (SSSR count). The molecule has 2 nitrogen and oxygen atoms in total. The third-order valence-electron chi connectivity index (χ3n) is 2.35. The van der Waals surface area contributed by atoms with Crippen molar-refractivity contribution in [2.45, 2.75) is 0 Å². The number of nitrogens with zero attached hydrogens (tertiary/aromatic N) is 1. The van der Waals surface area contributed by atoms with Gasteiger partial charge in [0.1, 0.15) is 5.69 Å². The van der Waals surface area contributed by atoms with Crippen LogP contribution in [0.4, 0.5) is 23.2 Å². The van der Waals surface area contributed by atoms with Gasteiger partial charge in [-0.2, -0.15) is 5.10 Å². The monoisotopic (exact) mass is 346 g/mol. The van der Waals surface area contributed by atoms with E-state index < -0.39 is 29.0 Å². The second-order valence-electron chi connectivity index (χ2n) is 3.77. The van der Waals surface area contributed by atoms with Crippen molar-refractivity contribution in [1.82, 2.24) is 0 Å². The van der Waals surface area contributed by atoms with Gasteiger partial charge < -0.3 is 0 Å². The SMILES string of the molecule is Fc1cc(F)c(F)c(NN=Cc2cccc(Br)c2)c1F. The molecule has 0 aliphatic carbocycles. The van der Waals surface area contributed by atoms with Crippen molar-refractivity contribution in [3.05, 3.63) is 63.6 Å². The zero-order chi connectivity index (χ0) is 14.7. The fraction of sp³-hybridized carbons (Fsp3) is 0. The molecule has 2 aromatic carbocycles. The number of hydrazone groups is 1. The van der Waals surface area contributed by atoms with Crippen LogP contribution in [-0.2, 0) is 0 Å². The van der Waals surface area contributed by atoms with E-state index in [4.69, 9.17) is 0 Å². The van der Waals surface area contributed by atoms with Crippen LogP contribution in [0.15, 0.2) is 39.9 Å². The molecule has 0 fully saturated rings. The molecule has 0 spiro atoms. The molecule has 104 valence electrons. The Kier molecular flexibility index (Phi) is 4.39. The Bertz CT molecular complexity index is 647. The van der Waals surface area contributed by atoms with Gasteiger partial charge in [0.25, 0.3) is 0 Å². The van der Waals surface area contributed by atoms with Crippen LogP contribution >= 0.6 is 15.9 Å². The summed E-state index contributed by atoms with van der Waals surface area (Å²) in [5.41, 5.74) is 1.61. The van der Waals surface area contributed by atoms with Crippen molar-refractivity contribution in [3.8, 4) is 0 Å². The number of nitrogens with one attached hydrogen (secondary N) is 1. The molecule has 0 bridgehead atoms. The van der Waals surface area contributed by atoms with E-state index in [0.29, 0.717) is 5.56 Å². The first-order chi connectivity index (χ1) is 9.49. The second kappa shape index (κ2) is 6.04. The van der Waals surface area contributed by atoms with Crippen LogP contribution < -0.4 is 5.43 Å². The lowest BCUT2D eigenvalue weighted by Crippen LogP contribution is -2.02. The maximum atomic E-state index is 13.3. The van der Waals surface area contributed by atoms with E-state index in [0.717, 1.165) is 4.47 Å². The lowest BCUT2D eigenvalue weighted by Gasteiger charge is -2.05. The maximum Gasteiger partial charge on any atom is 0.186 e. The average molecular weight is 347 g/mol. The van der Waals surface area contributed by atoms with Gasteiger partial charge >= 0.3 is 0 Å². The third-order valence-corrected chi connectivity index (χ3v) is 2.84. The molecule has 0 radical (unpaired) electrons. The minimum atomic E-state index is -1.53. The highest BCUT2D eigenvalue weighted by molar-refractivity contribution is 9.10. The average Bonchev–Trinajstić information content (AvgIpc) is 2.40. The van der Waals surface area contributed by atoms with Crippen molar-refractivity contribution in [1.29, 1.82) is 0 Å². The van der Waals surface area contributed by atoms with Crippen molar-refractivity contribution in [2.75, 3.05) is 5.43 Å². The summed E-state index contributed by atoms with van der Waals surface area (Å²) >= 11 is 3.24. The molecule has 1 N–H and O–H groups in total. The van der Waals surface area contributed by atoms with Gasteiger partial charge in [-0.3, -0.25) is 5.43 Å². The van der Waals surface area contributed by atoms with Crippen LogP contribution in [0.2, 0.25) is 0 Å². The van der Waals surface area contributed by atoms with E-state index in [2.05, 4.69) is 21.0 Å². The van der Waals surface area contributed by atoms with Gasteiger partial charge in [-0.15, -0.1) is 0 Å². The predicted octanol–water partition coefficient (Wildman–Crippen LogP) is 4.45. The van der Waals surface area contributed by atoms with E-state index in [-0.39, 0.29) is 6.07 Å². The van der Waals surface area contributed by atoms with Gasteiger partial charge in [-0.05, 0) is 17.7 Å². The van der Waals surface area contributed by atoms with E-state index >= 15 is 0 Å². The summed E-state index contributed by atoms with van der Waals surface area (Å²) in [6.07, 6.45) is 1.26. The van der Waals surface area contributed by atoms with Crippen molar-refractivity contribution in [2.24, 2.45) is 5.10 Å². The summed E-state index contributed by atoms with van der Waals surface area (Å²) in [5.74, 6) is -6.06. The van der Waals surface area contributed by atoms with E-state index in [1.165, 1.54) is 6.21 Å². The highest BCUT2D eigenvalue weighted by atomic mass is 79.9. The molecule has 2 aromatic rings. The van der Waals surface area contributed by atoms with Crippen LogP contribution in [0.5, 0.6) is 0 Å². The first-order valence-corrected chi connectivity index (χ1v) is 6.16. The topological polar surface area (TPSA) is 24.4 Å². The van der Waals surface area contributed by atoms with Crippen molar-refractivity contribution < 1.29 is 17.6 Å². The molecule has 0 heterocycles. The summed E-state index contributed by atoms with van der Waals surface area (Å²) < 4.78 is 53.3. The Balaban J connectivity index is 2.23. The predicted molar refractivity (Wildman–Crippen MR) is 71.6 cm³/mol. The molecule has 20 heavy (non-hydrogen) atoms. The summed E-state index contributed by atoms with van der Waals surface area (Å²) in [4.78, 5) is 0. The van der Waals surface area contributed by atoms with Crippen LogP contribution in [0.25, 0.3) is 0 Å². The van der Waals surface area contributed by atoms with Gasteiger partial charge in [0.15, 0.2) is 23.3 Å². The van der Waals surface area contributed by atoms with Crippen LogP contribution in [0, 0.1) is 23.3 Å². The van der Waals surface area contributed by atoms with Gasteiger partial charge in [0.05, 0.1) is 6.21 Å². The Labute approximate surface area is 120 Å². The fourth-order valence-electron chi connectivity index (χ4n) is 1.43. The molecule has 0 saturated heterocycles. The lowest BCUT2D eigenvalue weighted by atomic mass is 10.2. The number of anilines is 1. The Morgan fingerprint density at radius 3 is 2.25 bits per heavy atom. The Morgan fingerprint density at radius 2 is 1.65 bits per heavy atom. The standard InChI is InChI=1S/C13H7BrF4N2/c14-8-3-1-2-7(4-8)6-19-20-13-11(17)9(15)5-10(16)12(13)18/h1-6,20H. The van der Waals surface area contributed by atoms with Crippen LogP contribution in [0.3, 0.4) is 0 Å². The van der Waals surface area contributed by atoms with Gasteiger partial charge in [-0.1, -0.05) is 28.1 Å². The minimum absolute atomic E-state index is 0.133. The number of hydrogen-bond donors (Lipinski definition) is 1. The molecule has 0 saturated carbocycles. The fourth-order valence-corrected chi connectivity index (χ4v) is 1.85. The van der Waals surface area contributed by atoms with Crippen LogP contribution in [0.1, 0.15) is 5.56 Å². The lowest BCUT2D eigenvalue weighted by molar-refractivity contribution is 0.458. The molecule has 0 aromatic heterocycles. The largest absolute Gasteiger partial charge is 0.272 e. The van der Waals surface area contributed by atoms with E-state index in [9.17, 15) is 17.6 Å². The minimum Gasteiger partial charge on any atom is -0.272 e. The number of rotatable bonds is 3. The maximum absolute atomic E-state index is 13.3. The number of halogens is 5. The third kappa shape index (κ3) is 3.16. The first-order valence-electron chi connectivity index (χ1n) is 5.36. The van der Waals surface area contributed by atoms with Crippen molar-refractivity contribution >= 4 is 27.8 Å². The quantitative estimate of drug-likeness (QED) is 0.377. The van der Waals surface area contributed by atoms with Gasteiger partial charge in [0, 0.05) is 10.5 Å².